The van der Waals surface area contributed by atoms with Crippen molar-refractivity contribution in [3.8, 4) is 0 Å². The average Bonchev–Trinajstić information content (AvgIpc) is 2.40. The summed E-state index contributed by atoms with van der Waals surface area (Å²) in [6.45, 7) is 3.24. The van der Waals surface area contributed by atoms with Gasteiger partial charge in [0.05, 0.1) is 0 Å². The van der Waals surface area contributed by atoms with E-state index < -0.39 is 0 Å². The summed E-state index contributed by atoms with van der Waals surface area (Å²) in [5, 5.41) is 6.44. The highest BCUT2D eigenvalue weighted by atomic mass is 16.1. The zero-order chi connectivity index (χ0) is 13.1. The highest BCUT2D eigenvalue weighted by molar-refractivity contribution is 5.72. The standard InChI is InChI=1S/C15H30N2O/c1-14(18)16-12-13-17-15-10-8-6-4-2-3-5-7-9-11-15/h15,17H,2-13H2,1H3,(H,16,18). The molecule has 1 rings (SSSR count). The van der Waals surface area contributed by atoms with Crippen molar-refractivity contribution < 1.29 is 4.79 Å². The fourth-order valence-electron chi connectivity index (χ4n) is 2.71. The maximum atomic E-state index is 10.8. The van der Waals surface area contributed by atoms with Gasteiger partial charge in [-0.25, -0.2) is 0 Å². The summed E-state index contributed by atoms with van der Waals surface area (Å²) < 4.78 is 0. The lowest BCUT2D eigenvalue weighted by molar-refractivity contribution is -0.118. The van der Waals surface area contributed by atoms with Gasteiger partial charge in [0.25, 0.3) is 0 Å². The van der Waals surface area contributed by atoms with E-state index in [1.165, 1.54) is 64.2 Å². The third kappa shape index (κ3) is 8.51. The SMILES string of the molecule is CC(=O)NCCNC1CCCCCCCCCC1. The molecule has 0 aromatic carbocycles. The first-order valence-electron chi connectivity index (χ1n) is 7.77. The van der Waals surface area contributed by atoms with Crippen molar-refractivity contribution in [3.05, 3.63) is 0 Å². The van der Waals surface area contributed by atoms with E-state index in [9.17, 15) is 4.79 Å². The van der Waals surface area contributed by atoms with Gasteiger partial charge < -0.3 is 10.6 Å². The number of rotatable bonds is 4. The predicted octanol–water partition coefficient (Wildman–Crippen LogP) is 3.00. The molecule has 0 aromatic heterocycles. The zero-order valence-electron chi connectivity index (χ0n) is 12.0. The molecule has 0 aromatic rings. The molecular formula is C15H30N2O. The van der Waals surface area contributed by atoms with E-state index in [1.54, 1.807) is 6.92 Å². The monoisotopic (exact) mass is 254 g/mol. The number of hydrogen-bond acceptors (Lipinski definition) is 2. The minimum Gasteiger partial charge on any atom is -0.355 e. The first kappa shape index (κ1) is 15.5. The van der Waals surface area contributed by atoms with Gasteiger partial charge in [0.1, 0.15) is 0 Å². The van der Waals surface area contributed by atoms with Crippen LogP contribution in [0.25, 0.3) is 0 Å². The van der Waals surface area contributed by atoms with Gasteiger partial charge in [0.2, 0.25) is 5.91 Å². The Morgan fingerprint density at radius 1 is 0.889 bits per heavy atom. The van der Waals surface area contributed by atoms with Crippen LogP contribution in [-0.2, 0) is 4.79 Å². The van der Waals surface area contributed by atoms with Crippen LogP contribution in [0.4, 0.5) is 0 Å². The lowest BCUT2D eigenvalue weighted by atomic mass is 10.0. The third-order valence-electron chi connectivity index (χ3n) is 3.79. The van der Waals surface area contributed by atoms with Crippen LogP contribution in [0.15, 0.2) is 0 Å². The van der Waals surface area contributed by atoms with Gasteiger partial charge >= 0.3 is 0 Å². The van der Waals surface area contributed by atoms with Crippen molar-refractivity contribution >= 4 is 5.91 Å². The zero-order valence-corrected chi connectivity index (χ0v) is 12.0. The van der Waals surface area contributed by atoms with Crippen LogP contribution in [0.3, 0.4) is 0 Å². The fourth-order valence-corrected chi connectivity index (χ4v) is 2.71. The molecule has 1 saturated carbocycles. The van der Waals surface area contributed by atoms with Crippen molar-refractivity contribution in [2.24, 2.45) is 0 Å². The van der Waals surface area contributed by atoms with E-state index in [4.69, 9.17) is 0 Å². The Bertz CT molecular complexity index is 207. The van der Waals surface area contributed by atoms with E-state index in [1.807, 2.05) is 0 Å². The maximum absolute atomic E-state index is 10.8. The van der Waals surface area contributed by atoms with Gasteiger partial charge in [-0.2, -0.15) is 0 Å². The van der Waals surface area contributed by atoms with Crippen molar-refractivity contribution in [1.82, 2.24) is 10.6 Å². The van der Waals surface area contributed by atoms with Crippen molar-refractivity contribution in [2.75, 3.05) is 13.1 Å². The fraction of sp³-hybridized carbons (Fsp3) is 0.933. The van der Waals surface area contributed by atoms with E-state index >= 15 is 0 Å². The molecule has 0 bridgehead atoms. The normalized spacial score (nSPS) is 20.1. The van der Waals surface area contributed by atoms with Gasteiger partial charge in [-0.1, -0.05) is 51.4 Å². The summed E-state index contributed by atoms with van der Waals surface area (Å²) in [4.78, 5) is 10.8. The maximum Gasteiger partial charge on any atom is 0.216 e. The van der Waals surface area contributed by atoms with Crippen LogP contribution in [0, 0.1) is 0 Å². The second-order valence-corrected chi connectivity index (χ2v) is 5.54. The molecule has 1 aliphatic carbocycles. The Labute approximate surface area is 112 Å². The number of amides is 1. The van der Waals surface area contributed by atoms with E-state index in [0.717, 1.165) is 13.1 Å². The molecule has 106 valence electrons. The molecular weight excluding hydrogens is 224 g/mol. The van der Waals surface area contributed by atoms with Gasteiger partial charge in [0.15, 0.2) is 0 Å². The second kappa shape index (κ2) is 10.4. The Morgan fingerprint density at radius 2 is 1.39 bits per heavy atom. The van der Waals surface area contributed by atoms with Gasteiger partial charge in [-0.15, -0.1) is 0 Å². The smallest absolute Gasteiger partial charge is 0.216 e. The van der Waals surface area contributed by atoms with Crippen LogP contribution in [0.1, 0.15) is 71.1 Å². The molecule has 1 amide bonds. The highest BCUT2D eigenvalue weighted by Gasteiger charge is 2.08. The molecule has 2 N–H and O–H groups in total. The van der Waals surface area contributed by atoms with Crippen LogP contribution in [0.2, 0.25) is 0 Å². The summed E-state index contributed by atoms with van der Waals surface area (Å²) in [6.07, 6.45) is 13.8. The molecule has 0 spiro atoms. The molecule has 18 heavy (non-hydrogen) atoms. The first-order chi connectivity index (χ1) is 8.79. The van der Waals surface area contributed by atoms with Crippen LogP contribution < -0.4 is 10.6 Å². The summed E-state index contributed by atoms with van der Waals surface area (Å²) in [6, 6.07) is 0.664. The van der Waals surface area contributed by atoms with Crippen LogP contribution in [-0.4, -0.2) is 25.0 Å². The van der Waals surface area contributed by atoms with Crippen molar-refractivity contribution in [3.63, 3.8) is 0 Å². The third-order valence-corrected chi connectivity index (χ3v) is 3.79. The molecule has 0 aliphatic heterocycles. The summed E-state index contributed by atoms with van der Waals surface area (Å²) >= 11 is 0. The van der Waals surface area contributed by atoms with Gasteiger partial charge in [-0.3, -0.25) is 4.79 Å². The molecule has 1 fully saturated rings. The Kier molecular flexibility index (Phi) is 8.92. The minimum absolute atomic E-state index is 0.0687. The van der Waals surface area contributed by atoms with E-state index in [-0.39, 0.29) is 5.91 Å². The van der Waals surface area contributed by atoms with E-state index in [0.29, 0.717) is 6.04 Å². The number of hydrogen-bond donors (Lipinski definition) is 2. The average molecular weight is 254 g/mol. The molecule has 0 heterocycles. The summed E-state index contributed by atoms with van der Waals surface area (Å²) in [7, 11) is 0. The van der Waals surface area contributed by atoms with Crippen molar-refractivity contribution in [2.45, 2.75) is 77.2 Å². The topological polar surface area (TPSA) is 41.1 Å². The lowest BCUT2D eigenvalue weighted by Crippen LogP contribution is -2.36. The minimum atomic E-state index is 0.0687. The van der Waals surface area contributed by atoms with Gasteiger partial charge in [0, 0.05) is 26.1 Å². The molecule has 3 heteroatoms. The molecule has 0 radical (unpaired) electrons. The Balaban J connectivity index is 2.15. The molecule has 0 unspecified atom stereocenters. The highest BCUT2D eigenvalue weighted by Crippen LogP contribution is 2.16. The molecule has 0 saturated heterocycles. The van der Waals surface area contributed by atoms with Crippen LogP contribution >= 0.6 is 0 Å². The second-order valence-electron chi connectivity index (χ2n) is 5.54. The quantitative estimate of drug-likeness (QED) is 0.757. The number of nitrogens with one attached hydrogen (secondary N) is 2. The van der Waals surface area contributed by atoms with Crippen LogP contribution in [0.5, 0.6) is 0 Å². The predicted molar refractivity (Wildman–Crippen MR) is 76.6 cm³/mol. The largest absolute Gasteiger partial charge is 0.355 e. The van der Waals surface area contributed by atoms with Crippen molar-refractivity contribution in [1.29, 1.82) is 0 Å². The summed E-state index contributed by atoms with van der Waals surface area (Å²) in [5.74, 6) is 0.0687. The van der Waals surface area contributed by atoms with Gasteiger partial charge in [-0.05, 0) is 12.8 Å². The number of carbonyl (C=O) groups is 1. The Hall–Kier alpha value is -0.570. The lowest BCUT2D eigenvalue weighted by Gasteiger charge is -2.18. The first-order valence-corrected chi connectivity index (χ1v) is 7.77. The molecule has 0 atom stereocenters. The molecule has 1 aliphatic rings. The summed E-state index contributed by atoms with van der Waals surface area (Å²) in [5.41, 5.74) is 0. The number of carbonyl (C=O) groups excluding carboxylic acids is 1. The van der Waals surface area contributed by atoms with E-state index in [2.05, 4.69) is 10.6 Å². The Morgan fingerprint density at radius 3 is 1.89 bits per heavy atom. The molecule has 3 nitrogen and oxygen atoms in total.